The van der Waals surface area contributed by atoms with Gasteiger partial charge in [-0.1, -0.05) is 35.9 Å². The van der Waals surface area contributed by atoms with E-state index in [4.69, 9.17) is 28.5 Å². The SMILES string of the molecule is N=C(N)c1ccc(CCCC(=O)c2csc([C@@H]3C[C@@H](N)CN3C(=O)c3cn4cc(Cl)ccc4n3)n2)cc1. The predicted octanol–water partition coefficient (Wildman–Crippen LogP) is 3.85. The van der Waals surface area contributed by atoms with Crippen molar-refractivity contribution in [3.63, 3.8) is 0 Å². The molecule has 0 radical (unpaired) electrons. The molecule has 4 aromatic rings. The van der Waals surface area contributed by atoms with E-state index >= 15 is 0 Å². The number of nitrogens with two attached hydrogens (primary N) is 2. The highest BCUT2D eigenvalue weighted by atomic mass is 35.5. The number of benzene rings is 1. The summed E-state index contributed by atoms with van der Waals surface area (Å²) >= 11 is 7.44. The van der Waals surface area contributed by atoms with Crippen molar-refractivity contribution in [3.05, 3.63) is 86.7 Å². The second-order valence-electron chi connectivity index (χ2n) is 9.17. The maximum absolute atomic E-state index is 13.4. The molecule has 1 saturated heterocycles. The number of hydrogen-bond acceptors (Lipinski definition) is 7. The Kier molecular flexibility index (Phi) is 7.05. The molecule has 190 valence electrons. The number of rotatable bonds is 8. The quantitative estimate of drug-likeness (QED) is 0.177. The topological polar surface area (TPSA) is 143 Å². The Morgan fingerprint density at radius 1 is 1.11 bits per heavy atom. The normalized spacial score (nSPS) is 17.4. The Morgan fingerprint density at radius 3 is 2.65 bits per heavy atom. The number of halogens is 1. The highest BCUT2D eigenvalue weighted by Gasteiger charge is 2.37. The number of carbonyl (C=O) groups is 2. The minimum atomic E-state index is -0.303. The fourth-order valence-corrected chi connectivity index (χ4v) is 5.66. The molecule has 3 aromatic heterocycles. The van der Waals surface area contributed by atoms with Crippen molar-refractivity contribution in [1.29, 1.82) is 5.41 Å². The average molecular weight is 536 g/mol. The molecule has 5 rings (SSSR count). The summed E-state index contributed by atoms with van der Waals surface area (Å²) in [5.41, 5.74) is 14.8. The van der Waals surface area contributed by atoms with Gasteiger partial charge in [-0.3, -0.25) is 15.0 Å². The van der Waals surface area contributed by atoms with Crippen LogP contribution in [0.25, 0.3) is 5.65 Å². The van der Waals surface area contributed by atoms with Crippen LogP contribution in [0.4, 0.5) is 0 Å². The average Bonchev–Trinajstić information content (AvgIpc) is 3.61. The Hall–Kier alpha value is -3.60. The standard InChI is InChI=1S/C26H26ClN7O2S/c27-17-8-9-23-31-19(13-33(23)11-17)26(36)34-12-18(28)10-21(34)25-32-20(14-37-25)22(35)3-1-2-15-4-6-16(7-5-15)24(29)30/h4-9,11,13-14,18,21H,1-3,10,12,28H2,(H3,29,30)/t18-,21+/m1/s1. The van der Waals surface area contributed by atoms with Crippen LogP contribution in [-0.4, -0.2) is 49.4 Å². The molecule has 1 aliphatic rings. The third-order valence-corrected chi connectivity index (χ3v) is 7.62. The molecule has 1 aliphatic heterocycles. The van der Waals surface area contributed by atoms with Gasteiger partial charge in [-0.2, -0.15) is 0 Å². The van der Waals surface area contributed by atoms with Gasteiger partial charge in [0.2, 0.25) is 0 Å². The lowest BCUT2D eigenvalue weighted by atomic mass is 10.0. The molecule has 2 atom stereocenters. The van der Waals surface area contributed by atoms with Crippen molar-refractivity contribution < 1.29 is 9.59 Å². The number of nitrogens with one attached hydrogen (secondary N) is 1. The Bertz CT molecular complexity index is 1480. The zero-order valence-electron chi connectivity index (χ0n) is 19.9. The number of imidazole rings is 1. The lowest BCUT2D eigenvalue weighted by molar-refractivity contribution is 0.0728. The first-order valence-corrected chi connectivity index (χ1v) is 13.2. The van der Waals surface area contributed by atoms with Gasteiger partial charge in [-0.15, -0.1) is 11.3 Å². The third-order valence-electron chi connectivity index (χ3n) is 6.46. The summed E-state index contributed by atoms with van der Waals surface area (Å²) in [5.74, 6) is -0.218. The molecule has 1 fully saturated rings. The molecule has 5 N–H and O–H groups in total. The highest BCUT2D eigenvalue weighted by Crippen LogP contribution is 2.34. The number of nitrogens with zero attached hydrogens (tertiary/aromatic N) is 4. The lowest BCUT2D eigenvalue weighted by Crippen LogP contribution is -2.33. The fraction of sp³-hybridized carbons (Fsp3) is 0.269. The molecule has 0 unspecified atom stereocenters. The summed E-state index contributed by atoms with van der Waals surface area (Å²) in [5, 5.41) is 10.5. The number of thiazole rings is 1. The van der Waals surface area contributed by atoms with Crippen LogP contribution in [0.1, 0.15) is 62.4 Å². The van der Waals surface area contributed by atoms with E-state index in [1.807, 2.05) is 24.3 Å². The first-order valence-electron chi connectivity index (χ1n) is 11.9. The van der Waals surface area contributed by atoms with Crippen molar-refractivity contribution in [2.75, 3.05) is 6.54 Å². The molecule has 4 heterocycles. The maximum atomic E-state index is 13.4. The number of hydrogen-bond donors (Lipinski definition) is 3. The van der Waals surface area contributed by atoms with Crippen LogP contribution in [0.2, 0.25) is 5.02 Å². The van der Waals surface area contributed by atoms with Gasteiger partial charge in [-0.05, 0) is 37.0 Å². The molecule has 0 spiro atoms. The van der Waals surface area contributed by atoms with Crippen LogP contribution in [0.5, 0.6) is 0 Å². The zero-order valence-corrected chi connectivity index (χ0v) is 21.5. The van der Waals surface area contributed by atoms with Crippen molar-refractivity contribution >= 4 is 46.1 Å². The summed E-state index contributed by atoms with van der Waals surface area (Å²) in [7, 11) is 0. The van der Waals surface area contributed by atoms with Crippen molar-refractivity contribution in [1.82, 2.24) is 19.3 Å². The van der Waals surface area contributed by atoms with E-state index in [0.29, 0.717) is 58.4 Å². The van der Waals surface area contributed by atoms with E-state index in [-0.39, 0.29) is 29.6 Å². The van der Waals surface area contributed by atoms with E-state index < -0.39 is 0 Å². The number of amides is 1. The van der Waals surface area contributed by atoms with Gasteiger partial charge < -0.3 is 20.8 Å². The highest BCUT2D eigenvalue weighted by molar-refractivity contribution is 7.09. The van der Waals surface area contributed by atoms with Gasteiger partial charge in [0.25, 0.3) is 5.91 Å². The second-order valence-corrected chi connectivity index (χ2v) is 10.5. The summed E-state index contributed by atoms with van der Waals surface area (Å²) in [6.07, 6.45) is 5.73. The minimum Gasteiger partial charge on any atom is -0.384 e. The van der Waals surface area contributed by atoms with E-state index in [0.717, 1.165) is 12.0 Å². The zero-order chi connectivity index (χ0) is 26.1. The first-order chi connectivity index (χ1) is 17.8. The van der Waals surface area contributed by atoms with E-state index in [1.165, 1.54) is 11.3 Å². The van der Waals surface area contributed by atoms with Crippen LogP contribution in [0, 0.1) is 5.41 Å². The van der Waals surface area contributed by atoms with Crippen LogP contribution in [0.15, 0.2) is 54.2 Å². The molecule has 0 saturated carbocycles. The summed E-state index contributed by atoms with van der Waals surface area (Å²) in [4.78, 5) is 36.9. The lowest BCUT2D eigenvalue weighted by Gasteiger charge is -2.21. The number of fused-ring (bicyclic) bond motifs is 1. The summed E-state index contributed by atoms with van der Waals surface area (Å²) in [6.45, 7) is 0.392. The predicted molar refractivity (Wildman–Crippen MR) is 143 cm³/mol. The van der Waals surface area contributed by atoms with Gasteiger partial charge in [0.05, 0.1) is 11.1 Å². The number of pyridine rings is 1. The van der Waals surface area contributed by atoms with Gasteiger partial charge in [0.1, 0.15) is 27.9 Å². The molecule has 1 amide bonds. The molecule has 37 heavy (non-hydrogen) atoms. The molecular formula is C26H26ClN7O2S. The number of aryl methyl sites for hydroxylation is 1. The summed E-state index contributed by atoms with van der Waals surface area (Å²) < 4.78 is 1.72. The molecule has 11 heteroatoms. The van der Waals surface area contributed by atoms with Crippen molar-refractivity contribution in [2.45, 2.75) is 37.8 Å². The second kappa shape index (κ2) is 10.4. The van der Waals surface area contributed by atoms with Crippen LogP contribution >= 0.6 is 22.9 Å². The number of carbonyl (C=O) groups excluding carboxylic acids is 2. The minimum absolute atomic E-state index is 0.0275. The number of aromatic nitrogens is 3. The number of Topliss-reactive ketones (excluding diaryl/α,β-unsaturated/α-hetero) is 1. The maximum Gasteiger partial charge on any atom is 0.274 e. The van der Waals surface area contributed by atoms with Crippen molar-refractivity contribution in [2.24, 2.45) is 11.5 Å². The number of likely N-dealkylation sites (tertiary alicyclic amines) is 1. The Morgan fingerprint density at radius 2 is 1.89 bits per heavy atom. The van der Waals surface area contributed by atoms with Crippen molar-refractivity contribution in [3.8, 4) is 0 Å². The summed E-state index contributed by atoms with van der Waals surface area (Å²) in [6, 6.07) is 10.5. The molecule has 0 bridgehead atoms. The molecular weight excluding hydrogens is 510 g/mol. The number of ketones is 1. The third kappa shape index (κ3) is 5.41. The fourth-order valence-electron chi connectivity index (χ4n) is 4.54. The molecule has 9 nitrogen and oxygen atoms in total. The number of amidine groups is 1. The largest absolute Gasteiger partial charge is 0.384 e. The van der Waals surface area contributed by atoms with Crippen LogP contribution in [0.3, 0.4) is 0 Å². The first kappa shape index (κ1) is 25.1. The molecule has 0 aliphatic carbocycles. The van der Waals surface area contributed by atoms with Gasteiger partial charge in [0.15, 0.2) is 5.78 Å². The Labute approximate surface area is 222 Å². The van der Waals surface area contributed by atoms with Gasteiger partial charge in [0, 0.05) is 42.3 Å². The smallest absolute Gasteiger partial charge is 0.274 e. The van der Waals surface area contributed by atoms with Crippen LogP contribution in [-0.2, 0) is 6.42 Å². The molecule has 1 aromatic carbocycles. The van der Waals surface area contributed by atoms with E-state index in [2.05, 4.69) is 9.97 Å². The number of nitrogen functional groups attached to an aromatic ring is 1. The van der Waals surface area contributed by atoms with Crippen LogP contribution < -0.4 is 11.5 Å². The van der Waals surface area contributed by atoms with Gasteiger partial charge in [-0.25, -0.2) is 9.97 Å². The van der Waals surface area contributed by atoms with E-state index in [1.54, 1.807) is 39.2 Å². The van der Waals surface area contributed by atoms with E-state index in [9.17, 15) is 9.59 Å². The monoisotopic (exact) mass is 535 g/mol. The Balaban J connectivity index is 1.24. The van der Waals surface area contributed by atoms with Gasteiger partial charge >= 0.3 is 0 Å².